The van der Waals surface area contributed by atoms with E-state index in [0.29, 0.717) is 11.5 Å². The van der Waals surface area contributed by atoms with Crippen LogP contribution in [0.25, 0.3) is 16.2 Å². The molecule has 3 heterocycles. The lowest BCUT2D eigenvalue weighted by Gasteiger charge is -2.02. The van der Waals surface area contributed by atoms with Gasteiger partial charge in [0.1, 0.15) is 11.5 Å². The lowest BCUT2D eigenvalue weighted by atomic mass is 10.1. The number of carbonyl (C=O) groups is 1. The van der Waals surface area contributed by atoms with Crippen molar-refractivity contribution in [2.45, 2.75) is 6.92 Å². The van der Waals surface area contributed by atoms with Crippen molar-refractivity contribution in [2.75, 3.05) is 5.32 Å². The molecule has 0 atom stereocenters. The molecule has 1 amide bonds. The first-order chi connectivity index (χ1) is 11.7. The predicted molar refractivity (Wildman–Crippen MR) is 95.4 cm³/mol. The third-order valence-electron chi connectivity index (χ3n) is 3.70. The number of aryl methyl sites for hydroxylation is 1. The van der Waals surface area contributed by atoms with Crippen molar-refractivity contribution in [3.8, 4) is 11.3 Å². The second-order valence-corrected chi connectivity index (χ2v) is 6.27. The number of nitrogens with zero attached hydrogens (tertiary/aromatic N) is 3. The van der Waals surface area contributed by atoms with Crippen molar-refractivity contribution in [3.05, 3.63) is 71.5 Å². The number of amides is 1. The number of thiazole rings is 1. The summed E-state index contributed by atoms with van der Waals surface area (Å²) in [5, 5.41) is 4.61. The molecule has 0 aliphatic heterocycles. The molecule has 0 saturated heterocycles. The van der Waals surface area contributed by atoms with E-state index >= 15 is 0 Å². The maximum Gasteiger partial charge on any atom is 0.274 e. The summed E-state index contributed by atoms with van der Waals surface area (Å²) in [6, 6.07) is 13.6. The SMILES string of the molecule is Cc1ccc(-c2cn3c(C(=O)Nc4ccccn4)csc3n2)cc1. The Bertz CT molecular complexity index is 1000. The molecule has 0 spiro atoms. The first kappa shape index (κ1) is 14.6. The topological polar surface area (TPSA) is 59.3 Å². The van der Waals surface area contributed by atoms with E-state index in [0.717, 1.165) is 16.2 Å². The molecule has 118 valence electrons. The molecule has 6 heteroatoms. The highest BCUT2D eigenvalue weighted by Gasteiger charge is 2.15. The number of hydrogen-bond acceptors (Lipinski definition) is 4. The molecule has 1 aromatic carbocycles. The Balaban J connectivity index is 1.67. The highest BCUT2D eigenvalue weighted by molar-refractivity contribution is 7.15. The lowest BCUT2D eigenvalue weighted by molar-refractivity contribution is 0.102. The normalized spacial score (nSPS) is 10.9. The third-order valence-corrected chi connectivity index (χ3v) is 4.54. The van der Waals surface area contributed by atoms with Gasteiger partial charge >= 0.3 is 0 Å². The number of nitrogens with one attached hydrogen (secondary N) is 1. The van der Waals surface area contributed by atoms with Crippen LogP contribution < -0.4 is 5.32 Å². The summed E-state index contributed by atoms with van der Waals surface area (Å²) in [6.07, 6.45) is 3.54. The first-order valence-electron chi connectivity index (χ1n) is 7.47. The van der Waals surface area contributed by atoms with E-state index in [1.54, 1.807) is 17.6 Å². The third kappa shape index (κ3) is 2.68. The minimum absolute atomic E-state index is 0.201. The van der Waals surface area contributed by atoms with Gasteiger partial charge in [-0.1, -0.05) is 35.9 Å². The number of pyridine rings is 1. The average Bonchev–Trinajstić information content (AvgIpc) is 3.17. The van der Waals surface area contributed by atoms with E-state index in [4.69, 9.17) is 0 Å². The molecule has 4 aromatic rings. The van der Waals surface area contributed by atoms with Crippen LogP contribution in [0.5, 0.6) is 0 Å². The zero-order valence-electron chi connectivity index (χ0n) is 12.9. The molecule has 1 N–H and O–H groups in total. The Kier molecular flexibility index (Phi) is 3.59. The fourth-order valence-corrected chi connectivity index (χ4v) is 3.28. The Morgan fingerprint density at radius 3 is 2.75 bits per heavy atom. The first-order valence-corrected chi connectivity index (χ1v) is 8.35. The minimum atomic E-state index is -0.201. The molecule has 4 rings (SSSR count). The number of aromatic nitrogens is 3. The summed E-state index contributed by atoms with van der Waals surface area (Å²) in [4.78, 5) is 22.0. The highest BCUT2D eigenvalue weighted by atomic mass is 32.1. The molecule has 0 aliphatic rings. The van der Waals surface area contributed by atoms with Gasteiger partial charge in [-0.3, -0.25) is 9.20 Å². The van der Waals surface area contributed by atoms with Crippen LogP contribution in [0.4, 0.5) is 5.82 Å². The Hall–Kier alpha value is -2.99. The Morgan fingerprint density at radius 2 is 2.00 bits per heavy atom. The Morgan fingerprint density at radius 1 is 1.17 bits per heavy atom. The number of benzene rings is 1. The number of anilines is 1. The van der Waals surface area contributed by atoms with Gasteiger partial charge in [-0.2, -0.15) is 0 Å². The zero-order valence-corrected chi connectivity index (χ0v) is 13.7. The van der Waals surface area contributed by atoms with Crippen LogP contribution in [0.3, 0.4) is 0 Å². The maximum atomic E-state index is 12.5. The van der Waals surface area contributed by atoms with Crippen LogP contribution in [-0.4, -0.2) is 20.3 Å². The van der Waals surface area contributed by atoms with Gasteiger partial charge in [0, 0.05) is 23.3 Å². The molecule has 0 bridgehead atoms. The summed E-state index contributed by atoms with van der Waals surface area (Å²) in [5.41, 5.74) is 3.64. The molecule has 0 aliphatic carbocycles. The van der Waals surface area contributed by atoms with Crippen molar-refractivity contribution in [1.82, 2.24) is 14.4 Å². The van der Waals surface area contributed by atoms with Gasteiger partial charge in [-0.25, -0.2) is 9.97 Å². The summed E-state index contributed by atoms with van der Waals surface area (Å²) >= 11 is 1.44. The van der Waals surface area contributed by atoms with Gasteiger partial charge in [0.25, 0.3) is 5.91 Å². The number of fused-ring (bicyclic) bond motifs is 1. The summed E-state index contributed by atoms with van der Waals surface area (Å²) < 4.78 is 1.82. The molecule has 0 fully saturated rings. The van der Waals surface area contributed by atoms with Gasteiger partial charge in [-0.15, -0.1) is 11.3 Å². The monoisotopic (exact) mass is 334 g/mol. The molecule has 3 aromatic heterocycles. The molecule has 0 unspecified atom stereocenters. The fraction of sp³-hybridized carbons (Fsp3) is 0.0556. The minimum Gasteiger partial charge on any atom is -0.305 e. The van der Waals surface area contributed by atoms with Crippen molar-refractivity contribution in [1.29, 1.82) is 0 Å². The average molecular weight is 334 g/mol. The second kappa shape index (κ2) is 5.90. The Labute approximate surface area is 142 Å². The van der Waals surface area contributed by atoms with Gasteiger partial charge in [0.2, 0.25) is 0 Å². The van der Waals surface area contributed by atoms with Crippen molar-refractivity contribution in [3.63, 3.8) is 0 Å². The summed E-state index contributed by atoms with van der Waals surface area (Å²) in [5.74, 6) is 0.327. The summed E-state index contributed by atoms with van der Waals surface area (Å²) in [7, 11) is 0. The molecular formula is C18H14N4OS. The zero-order chi connectivity index (χ0) is 16.5. The van der Waals surface area contributed by atoms with E-state index in [-0.39, 0.29) is 5.91 Å². The van der Waals surface area contributed by atoms with Crippen molar-refractivity contribution in [2.24, 2.45) is 0 Å². The second-order valence-electron chi connectivity index (χ2n) is 5.43. The lowest BCUT2D eigenvalue weighted by Crippen LogP contribution is -2.14. The van der Waals surface area contributed by atoms with Crippen LogP contribution in [0.2, 0.25) is 0 Å². The molecular weight excluding hydrogens is 320 g/mol. The molecule has 0 saturated carbocycles. The smallest absolute Gasteiger partial charge is 0.274 e. The molecule has 0 radical (unpaired) electrons. The quantitative estimate of drug-likeness (QED) is 0.615. The van der Waals surface area contributed by atoms with E-state index in [2.05, 4.69) is 34.3 Å². The predicted octanol–water partition coefficient (Wildman–Crippen LogP) is 4.02. The molecule has 24 heavy (non-hydrogen) atoms. The van der Waals surface area contributed by atoms with Gasteiger partial charge in [0.15, 0.2) is 4.96 Å². The number of imidazole rings is 1. The largest absolute Gasteiger partial charge is 0.305 e. The van der Waals surface area contributed by atoms with Crippen LogP contribution in [0, 0.1) is 6.92 Å². The number of hydrogen-bond donors (Lipinski definition) is 1. The van der Waals surface area contributed by atoms with Gasteiger partial charge in [-0.05, 0) is 19.1 Å². The van der Waals surface area contributed by atoms with E-state index < -0.39 is 0 Å². The maximum absolute atomic E-state index is 12.5. The van der Waals surface area contributed by atoms with Gasteiger partial charge < -0.3 is 5.32 Å². The standard InChI is InChI=1S/C18H14N4OS/c1-12-5-7-13(8-6-12)14-10-22-15(11-24-18(22)20-14)17(23)21-16-4-2-3-9-19-16/h2-11H,1H3,(H,19,21,23). The number of rotatable bonds is 3. The van der Waals surface area contributed by atoms with Crippen LogP contribution >= 0.6 is 11.3 Å². The van der Waals surface area contributed by atoms with E-state index in [1.165, 1.54) is 16.9 Å². The fourth-order valence-electron chi connectivity index (χ4n) is 2.43. The van der Waals surface area contributed by atoms with Gasteiger partial charge in [0.05, 0.1) is 5.69 Å². The van der Waals surface area contributed by atoms with Crippen molar-refractivity contribution < 1.29 is 4.79 Å². The van der Waals surface area contributed by atoms with Crippen LogP contribution in [0.15, 0.2) is 60.2 Å². The highest BCUT2D eigenvalue weighted by Crippen LogP contribution is 2.24. The van der Waals surface area contributed by atoms with E-state index in [9.17, 15) is 4.79 Å². The number of carbonyl (C=O) groups excluding carboxylic acids is 1. The summed E-state index contributed by atoms with van der Waals surface area (Å²) in [6.45, 7) is 2.05. The van der Waals surface area contributed by atoms with Crippen molar-refractivity contribution >= 4 is 28.0 Å². The molecule has 5 nitrogen and oxygen atoms in total. The van der Waals surface area contributed by atoms with E-state index in [1.807, 2.05) is 34.9 Å². The van der Waals surface area contributed by atoms with Crippen LogP contribution in [0.1, 0.15) is 16.1 Å². The van der Waals surface area contributed by atoms with Crippen LogP contribution in [-0.2, 0) is 0 Å².